The lowest BCUT2D eigenvalue weighted by Crippen LogP contribution is -2.51. The summed E-state index contributed by atoms with van der Waals surface area (Å²) in [5.74, 6) is -1.83. The van der Waals surface area contributed by atoms with Crippen molar-refractivity contribution in [2.24, 2.45) is 5.92 Å². The van der Waals surface area contributed by atoms with E-state index in [0.29, 0.717) is 19.3 Å². The van der Waals surface area contributed by atoms with Crippen LogP contribution in [0.4, 0.5) is 4.79 Å². The highest BCUT2D eigenvalue weighted by Gasteiger charge is 2.50. The maximum Gasteiger partial charge on any atom is 0.322 e. The van der Waals surface area contributed by atoms with E-state index in [1.807, 2.05) is 0 Å². The predicted molar refractivity (Wildman–Crippen MR) is 49.0 cm³/mol. The maximum atomic E-state index is 11.5. The first-order valence-corrected chi connectivity index (χ1v) is 4.90. The van der Waals surface area contributed by atoms with E-state index in [9.17, 15) is 14.4 Å². The van der Waals surface area contributed by atoms with E-state index in [4.69, 9.17) is 5.11 Å². The second-order valence-electron chi connectivity index (χ2n) is 4.12. The van der Waals surface area contributed by atoms with Gasteiger partial charge in [0.15, 0.2) is 0 Å². The van der Waals surface area contributed by atoms with Crippen molar-refractivity contribution in [3.63, 3.8) is 0 Å². The molecule has 3 amide bonds. The van der Waals surface area contributed by atoms with E-state index in [-0.39, 0.29) is 6.42 Å². The number of carboxylic acid groups (broad SMARTS) is 1. The Morgan fingerprint density at radius 2 is 2.20 bits per heavy atom. The first-order valence-electron chi connectivity index (χ1n) is 4.90. The van der Waals surface area contributed by atoms with Gasteiger partial charge >= 0.3 is 12.0 Å². The second kappa shape index (κ2) is 3.22. The number of imide groups is 1. The van der Waals surface area contributed by atoms with Gasteiger partial charge in [0.2, 0.25) is 0 Å². The molecule has 6 nitrogen and oxygen atoms in total. The number of urea groups is 1. The summed E-state index contributed by atoms with van der Waals surface area (Å²) in [6.45, 7) is 0. The van der Waals surface area contributed by atoms with E-state index >= 15 is 0 Å². The van der Waals surface area contributed by atoms with Crippen LogP contribution in [0.3, 0.4) is 0 Å². The molecule has 0 bridgehead atoms. The van der Waals surface area contributed by atoms with Crippen LogP contribution in [0.5, 0.6) is 0 Å². The van der Waals surface area contributed by atoms with Gasteiger partial charge < -0.3 is 10.4 Å². The average molecular weight is 212 g/mol. The molecule has 15 heavy (non-hydrogen) atoms. The molecule has 1 spiro atoms. The normalized spacial score (nSPS) is 35.1. The number of amides is 3. The highest BCUT2D eigenvalue weighted by atomic mass is 16.4. The lowest BCUT2D eigenvalue weighted by Gasteiger charge is -2.33. The molecule has 1 saturated heterocycles. The summed E-state index contributed by atoms with van der Waals surface area (Å²) >= 11 is 0. The molecule has 1 saturated carbocycles. The van der Waals surface area contributed by atoms with Gasteiger partial charge in [-0.1, -0.05) is 0 Å². The fraction of sp³-hybridized carbons (Fsp3) is 0.667. The molecule has 2 aliphatic rings. The summed E-state index contributed by atoms with van der Waals surface area (Å²) in [7, 11) is 0. The van der Waals surface area contributed by atoms with E-state index in [1.165, 1.54) is 0 Å². The van der Waals surface area contributed by atoms with Crippen LogP contribution >= 0.6 is 0 Å². The number of carbonyl (C=O) groups excluding carboxylic acids is 2. The molecule has 2 fully saturated rings. The molecule has 0 unspecified atom stereocenters. The molecule has 6 heteroatoms. The number of carboxylic acids is 1. The summed E-state index contributed by atoms with van der Waals surface area (Å²) in [6, 6.07) is -0.522. The van der Waals surface area contributed by atoms with Gasteiger partial charge in [-0.15, -0.1) is 0 Å². The molecule has 1 aliphatic carbocycles. The van der Waals surface area contributed by atoms with Gasteiger partial charge in [0.25, 0.3) is 5.91 Å². The van der Waals surface area contributed by atoms with Crippen molar-refractivity contribution in [3.8, 4) is 0 Å². The number of nitrogens with one attached hydrogen (secondary N) is 2. The molecule has 0 radical (unpaired) electrons. The van der Waals surface area contributed by atoms with E-state index < -0.39 is 29.4 Å². The number of aliphatic carboxylic acids is 1. The van der Waals surface area contributed by atoms with E-state index in [1.54, 1.807) is 0 Å². The van der Waals surface area contributed by atoms with Crippen LogP contribution in [-0.4, -0.2) is 28.6 Å². The predicted octanol–water partition coefficient (Wildman–Crippen LogP) is -0.161. The SMILES string of the molecule is O=C1NC(=O)[C@@]2(CCC[C@@H](C(=O)O)C2)N1. The van der Waals surface area contributed by atoms with Crippen LogP contribution in [0.1, 0.15) is 25.7 Å². The van der Waals surface area contributed by atoms with Crippen molar-refractivity contribution in [1.82, 2.24) is 10.6 Å². The quantitative estimate of drug-likeness (QED) is 0.526. The van der Waals surface area contributed by atoms with Crippen LogP contribution in [0, 0.1) is 5.92 Å². The third-order valence-electron chi connectivity index (χ3n) is 3.11. The maximum absolute atomic E-state index is 11.5. The van der Waals surface area contributed by atoms with Gasteiger partial charge in [-0.3, -0.25) is 14.9 Å². The Balaban J connectivity index is 2.18. The van der Waals surface area contributed by atoms with Crippen molar-refractivity contribution >= 4 is 17.9 Å². The molecular formula is C9H12N2O4. The van der Waals surface area contributed by atoms with Gasteiger partial charge in [-0.25, -0.2) is 4.79 Å². The van der Waals surface area contributed by atoms with Crippen LogP contribution in [0.25, 0.3) is 0 Å². The molecule has 3 N–H and O–H groups in total. The Morgan fingerprint density at radius 3 is 2.73 bits per heavy atom. The minimum atomic E-state index is -0.974. The van der Waals surface area contributed by atoms with Gasteiger partial charge in [0.05, 0.1) is 5.92 Å². The van der Waals surface area contributed by atoms with E-state index in [2.05, 4.69) is 10.6 Å². The molecular weight excluding hydrogens is 200 g/mol. The van der Waals surface area contributed by atoms with Crippen LogP contribution < -0.4 is 10.6 Å². The third kappa shape index (κ3) is 1.55. The summed E-state index contributed by atoms with van der Waals surface area (Å²) in [5.41, 5.74) is -0.974. The van der Waals surface area contributed by atoms with Gasteiger partial charge in [-0.2, -0.15) is 0 Å². The smallest absolute Gasteiger partial charge is 0.322 e. The van der Waals surface area contributed by atoms with Crippen molar-refractivity contribution < 1.29 is 19.5 Å². The van der Waals surface area contributed by atoms with Gasteiger partial charge in [-0.05, 0) is 25.7 Å². The monoisotopic (exact) mass is 212 g/mol. The Morgan fingerprint density at radius 1 is 1.47 bits per heavy atom. The van der Waals surface area contributed by atoms with E-state index in [0.717, 1.165) is 0 Å². The van der Waals surface area contributed by atoms with Crippen LogP contribution in [0.2, 0.25) is 0 Å². The standard InChI is InChI=1S/C9H12N2O4/c12-6(13)5-2-1-3-9(4-5)7(14)10-8(15)11-9/h5H,1-4H2,(H,12,13)(H2,10,11,14,15)/t5-,9+/m1/s1. The number of rotatable bonds is 1. The van der Waals surface area contributed by atoms with Gasteiger partial charge in [0, 0.05) is 0 Å². The minimum Gasteiger partial charge on any atom is -0.481 e. The Kier molecular flexibility index (Phi) is 2.13. The Labute approximate surface area is 86.0 Å². The Bertz CT molecular complexity index is 341. The molecule has 0 aromatic heterocycles. The lowest BCUT2D eigenvalue weighted by molar-refractivity contribution is -0.144. The number of hydrogen-bond donors (Lipinski definition) is 3. The molecule has 0 aromatic carbocycles. The Hall–Kier alpha value is -1.59. The molecule has 1 heterocycles. The van der Waals surface area contributed by atoms with Crippen LogP contribution in [-0.2, 0) is 9.59 Å². The molecule has 2 atom stereocenters. The highest BCUT2D eigenvalue weighted by molar-refractivity contribution is 6.07. The van der Waals surface area contributed by atoms with Crippen LogP contribution in [0.15, 0.2) is 0 Å². The van der Waals surface area contributed by atoms with Crippen molar-refractivity contribution in [1.29, 1.82) is 0 Å². The zero-order valence-corrected chi connectivity index (χ0v) is 8.08. The van der Waals surface area contributed by atoms with Crippen molar-refractivity contribution in [2.45, 2.75) is 31.2 Å². The third-order valence-corrected chi connectivity index (χ3v) is 3.11. The largest absolute Gasteiger partial charge is 0.481 e. The minimum absolute atomic E-state index is 0.194. The topological polar surface area (TPSA) is 95.5 Å². The van der Waals surface area contributed by atoms with Crippen molar-refractivity contribution in [2.75, 3.05) is 0 Å². The molecule has 0 aromatic rings. The second-order valence-corrected chi connectivity index (χ2v) is 4.12. The number of carbonyl (C=O) groups is 3. The first-order chi connectivity index (χ1) is 7.03. The summed E-state index contributed by atoms with van der Waals surface area (Å²) < 4.78 is 0. The highest BCUT2D eigenvalue weighted by Crippen LogP contribution is 2.34. The average Bonchev–Trinajstić information content (AvgIpc) is 2.41. The molecule has 1 aliphatic heterocycles. The first kappa shape index (κ1) is 9.95. The summed E-state index contributed by atoms with van der Waals surface area (Å²) in [4.78, 5) is 33.4. The summed E-state index contributed by atoms with van der Waals surface area (Å²) in [6.07, 6.45) is 1.93. The fourth-order valence-electron chi connectivity index (χ4n) is 2.33. The molecule has 2 rings (SSSR count). The zero-order valence-electron chi connectivity index (χ0n) is 8.08. The molecule has 82 valence electrons. The lowest BCUT2D eigenvalue weighted by atomic mass is 9.76. The van der Waals surface area contributed by atoms with Gasteiger partial charge in [0.1, 0.15) is 5.54 Å². The van der Waals surface area contributed by atoms with Crippen molar-refractivity contribution in [3.05, 3.63) is 0 Å². The zero-order chi connectivity index (χ0) is 11.1. The summed E-state index contributed by atoms with van der Waals surface area (Å²) in [5, 5.41) is 13.6. The number of hydrogen-bond acceptors (Lipinski definition) is 3. The fourth-order valence-corrected chi connectivity index (χ4v) is 2.33.